The standard InChI is InChI=1S/C19H19ClN2O4S/c1-12-3-6-15(7-4-12)27(25,26)22-17(9-10-18(22)23)19(24)21-16-8-5-14(20)11-13(16)2/h3-8,11,17H,9-10H2,1-2H3,(H,21,24)/t17-/m1/s1. The number of carbonyl (C=O) groups excluding carboxylic acids is 2. The summed E-state index contributed by atoms with van der Waals surface area (Å²) in [6.07, 6.45) is 0.144. The first-order chi connectivity index (χ1) is 12.7. The number of nitrogens with one attached hydrogen (secondary N) is 1. The number of amides is 2. The molecule has 0 unspecified atom stereocenters. The smallest absolute Gasteiger partial charge is 0.267 e. The number of hydrogen-bond donors (Lipinski definition) is 1. The topological polar surface area (TPSA) is 83.6 Å². The molecule has 27 heavy (non-hydrogen) atoms. The first kappa shape index (κ1) is 19.4. The number of rotatable bonds is 4. The van der Waals surface area contributed by atoms with Gasteiger partial charge in [-0.25, -0.2) is 12.7 Å². The predicted octanol–water partition coefficient (Wildman–Crippen LogP) is 3.28. The van der Waals surface area contributed by atoms with Crippen LogP contribution in [0.15, 0.2) is 47.4 Å². The minimum atomic E-state index is -4.11. The van der Waals surface area contributed by atoms with Crippen molar-refractivity contribution in [2.24, 2.45) is 0 Å². The lowest BCUT2D eigenvalue weighted by Crippen LogP contribution is -2.45. The molecule has 2 amide bonds. The number of benzene rings is 2. The first-order valence-corrected chi connectivity index (χ1v) is 10.2. The summed E-state index contributed by atoms with van der Waals surface area (Å²) < 4.78 is 26.6. The minimum Gasteiger partial charge on any atom is -0.324 e. The van der Waals surface area contributed by atoms with Gasteiger partial charge in [-0.15, -0.1) is 0 Å². The van der Waals surface area contributed by atoms with Crippen molar-refractivity contribution in [3.63, 3.8) is 0 Å². The molecule has 0 aliphatic carbocycles. The molecular formula is C19H19ClN2O4S. The number of nitrogens with zero attached hydrogens (tertiary/aromatic N) is 1. The molecule has 2 aromatic carbocycles. The summed E-state index contributed by atoms with van der Waals surface area (Å²) in [5.74, 6) is -1.12. The third-order valence-corrected chi connectivity index (χ3v) is 6.57. The Morgan fingerprint density at radius 3 is 2.44 bits per heavy atom. The molecule has 2 aromatic rings. The summed E-state index contributed by atoms with van der Waals surface area (Å²) in [4.78, 5) is 25.0. The molecule has 3 rings (SSSR count). The molecule has 8 heteroatoms. The van der Waals surface area contributed by atoms with Crippen molar-refractivity contribution in [1.82, 2.24) is 4.31 Å². The molecule has 142 valence electrons. The second-order valence-electron chi connectivity index (χ2n) is 6.51. The van der Waals surface area contributed by atoms with Gasteiger partial charge in [0.2, 0.25) is 11.8 Å². The Morgan fingerprint density at radius 1 is 1.15 bits per heavy atom. The number of anilines is 1. The van der Waals surface area contributed by atoms with E-state index in [0.717, 1.165) is 11.1 Å². The van der Waals surface area contributed by atoms with Crippen LogP contribution >= 0.6 is 11.6 Å². The highest BCUT2D eigenvalue weighted by atomic mass is 35.5. The summed E-state index contributed by atoms with van der Waals surface area (Å²) in [6, 6.07) is 10.1. The molecule has 0 spiro atoms. The van der Waals surface area contributed by atoms with Gasteiger partial charge in [-0.2, -0.15) is 0 Å². The van der Waals surface area contributed by atoms with E-state index in [-0.39, 0.29) is 17.7 Å². The second kappa shape index (κ2) is 7.32. The van der Waals surface area contributed by atoms with Crippen molar-refractivity contribution < 1.29 is 18.0 Å². The average molecular weight is 407 g/mol. The van der Waals surface area contributed by atoms with E-state index in [1.807, 2.05) is 6.92 Å². The summed E-state index contributed by atoms with van der Waals surface area (Å²) in [6.45, 7) is 3.62. The van der Waals surface area contributed by atoms with Crippen LogP contribution in [0.4, 0.5) is 5.69 Å². The SMILES string of the molecule is Cc1ccc(S(=O)(=O)N2C(=O)CC[C@@H]2C(=O)Nc2ccc(Cl)cc2C)cc1. The van der Waals surface area contributed by atoms with Gasteiger partial charge < -0.3 is 5.32 Å². The highest BCUT2D eigenvalue weighted by Crippen LogP contribution is 2.29. The van der Waals surface area contributed by atoms with Gasteiger partial charge in [0.15, 0.2) is 0 Å². The molecule has 1 aliphatic heterocycles. The quantitative estimate of drug-likeness (QED) is 0.844. The van der Waals surface area contributed by atoms with E-state index >= 15 is 0 Å². The Hall–Kier alpha value is -2.38. The van der Waals surface area contributed by atoms with Crippen molar-refractivity contribution in [2.45, 2.75) is 37.6 Å². The van der Waals surface area contributed by atoms with Gasteiger partial charge in [0, 0.05) is 17.1 Å². The second-order valence-corrected chi connectivity index (χ2v) is 8.76. The maximum atomic E-state index is 12.9. The molecule has 1 heterocycles. The normalized spacial score (nSPS) is 17.2. The van der Waals surface area contributed by atoms with Crippen molar-refractivity contribution in [3.8, 4) is 0 Å². The van der Waals surface area contributed by atoms with Crippen LogP contribution in [-0.4, -0.2) is 30.6 Å². The monoisotopic (exact) mass is 406 g/mol. The molecule has 0 aromatic heterocycles. The third-order valence-electron chi connectivity index (χ3n) is 4.49. The van der Waals surface area contributed by atoms with E-state index in [9.17, 15) is 18.0 Å². The Kier molecular flexibility index (Phi) is 5.26. The first-order valence-electron chi connectivity index (χ1n) is 8.41. The van der Waals surface area contributed by atoms with E-state index in [1.54, 1.807) is 37.3 Å². The number of hydrogen-bond acceptors (Lipinski definition) is 4. The van der Waals surface area contributed by atoms with Gasteiger partial charge in [-0.3, -0.25) is 9.59 Å². The van der Waals surface area contributed by atoms with E-state index in [4.69, 9.17) is 11.6 Å². The zero-order chi connectivity index (χ0) is 19.8. The molecule has 1 aliphatic rings. The highest BCUT2D eigenvalue weighted by Gasteiger charge is 2.44. The van der Waals surface area contributed by atoms with Crippen molar-refractivity contribution >= 4 is 39.1 Å². The molecule has 1 saturated heterocycles. The van der Waals surface area contributed by atoms with Crippen LogP contribution in [0, 0.1) is 13.8 Å². The van der Waals surface area contributed by atoms with Crippen molar-refractivity contribution in [2.75, 3.05) is 5.32 Å². The molecule has 6 nitrogen and oxygen atoms in total. The van der Waals surface area contributed by atoms with Gasteiger partial charge >= 0.3 is 0 Å². The van der Waals surface area contributed by atoms with Crippen LogP contribution < -0.4 is 5.32 Å². The van der Waals surface area contributed by atoms with E-state index in [2.05, 4.69) is 5.32 Å². The van der Waals surface area contributed by atoms with E-state index in [1.165, 1.54) is 12.1 Å². The highest BCUT2D eigenvalue weighted by molar-refractivity contribution is 7.89. The minimum absolute atomic E-state index is 0.00276. The fourth-order valence-electron chi connectivity index (χ4n) is 3.01. The van der Waals surface area contributed by atoms with E-state index in [0.29, 0.717) is 15.0 Å². The largest absolute Gasteiger partial charge is 0.324 e. The van der Waals surface area contributed by atoms with Crippen molar-refractivity contribution in [3.05, 3.63) is 58.6 Å². The lowest BCUT2D eigenvalue weighted by atomic mass is 10.1. The molecular weight excluding hydrogens is 388 g/mol. The maximum Gasteiger partial charge on any atom is 0.267 e. The molecule has 1 atom stereocenters. The molecule has 0 bridgehead atoms. The number of aryl methyl sites for hydroxylation is 2. The summed E-state index contributed by atoms with van der Waals surface area (Å²) >= 11 is 5.92. The van der Waals surface area contributed by atoms with Crippen molar-refractivity contribution in [1.29, 1.82) is 0 Å². The van der Waals surface area contributed by atoms with Gasteiger partial charge in [-0.05, 0) is 56.2 Å². The van der Waals surface area contributed by atoms with Crippen LogP contribution in [0.1, 0.15) is 24.0 Å². The van der Waals surface area contributed by atoms with Crippen LogP contribution in [0.25, 0.3) is 0 Å². The molecule has 1 fully saturated rings. The maximum absolute atomic E-state index is 12.9. The fraction of sp³-hybridized carbons (Fsp3) is 0.263. The summed E-state index contributed by atoms with van der Waals surface area (Å²) in [5.41, 5.74) is 2.17. The Bertz CT molecular complexity index is 1000. The Morgan fingerprint density at radius 2 is 1.81 bits per heavy atom. The number of carbonyl (C=O) groups is 2. The zero-order valence-corrected chi connectivity index (χ0v) is 16.5. The number of sulfonamides is 1. The Balaban J connectivity index is 1.89. The molecule has 0 saturated carbocycles. The van der Waals surface area contributed by atoms with Crippen LogP contribution in [-0.2, 0) is 19.6 Å². The number of halogens is 1. The van der Waals surface area contributed by atoms with Gasteiger partial charge in [0.25, 0.3) is 10.0 Å². The van der Waals surface area contributed by atoms with Crippen LogP contribution in [0.2, 0.25) is 5.02 Å². The predicted molar refractivity (Wildman–Crippen MR) is 103 cm³/mol. The molecule has 1 N–H and O–H groups in total. The average Bonchev–Trinajstić information content (AvgIpc) is 3.00. The Labute approximate surface area is 163 Å². The zero-order valence-electron chi connectivity index (χ0n) is 14.9. The van der Waals surface area contributed by atoms with Gasteiger partial charge in [0.05, 0.1) is 4.90 Å². The fourth-order valence-corrected chi connectivity index (χ4v) is 4.84. The lowest BCUT2D eigenvalue weighted by molar-refractivity contribution is -0.128. The van der Waals surface area contributed by atoms with Gasteiger partial charge in [-0.1, -0.05) is 29.3 Å². The summed E-state index contributed by atoms with van der Waals surface area (Å²) in [5, 5.41) is 3.24. The summed E-state index contributed by atoms with van der Waals surface area (Å²) in [7, 11) is -4.11. The van der Waals surface area contributed by atoms with Crippen LogP contribution in [0.5, 0.6) is 0 Å². The third kappa shape index (κ3) is 3.84. The van der Waals surface area contributed by atoms with Crippen LogP contribution in [0.3, 0.4) is 0 Å². The molecule has 0 radical (unpaired) electrons. The lowest BCUT2D eigenvalue weighted by Gasteiger charge is -2.24. The van der Waals surface area contributed by atoms with E-state index < -0.39 is 27.9 Å². The van der Waals surface area contributed by atoms with Gasteiger partial charge in [0.1, 0.15) is 6.04 Å².